The lowest BCUT2D eigenvalue weighted by molar-refractivity contribution is -0.116. The van der Waals surface area contributed by atoms with Crippen LogP contribution in [0.5, 0.6) is 0 Å². The lowest BCUT2D eigenvalue weighted by Crippen LogP contribution is -2.37. The lowest BCUT2D eigenvalue weighted by atomic mass is 10.3. The molecule has 0 rings (SSSR count). The van der Waals surface area contributed by atoms with Crippen LogP contribution < -0.4 is 10.6 Å². The summed E-state index contributed by atoms with van der Waals surface area (Å²) in [5.74, 6) is 0.0738. The monoisotopic (exact) mass is 202 g/mol. The molecule has 2 amide bonds. The van der Waals surface area contributed by atoms with Crippen molar-refractivity contribution in [2.45, 2.75) is 19.8 Å². The van der Waals surface area contributed by atoms with Crippen molar-refractivity contribution in [3.05, 3.63) is 0 Å². The second kappa shape index (κ2) is 8.50. The quantitative estimate of drug-likeness (QED) is 0.583. The minimum Gasteiger partial charge on any atom is -0.385 e. The number of carbonyl (C=O) groups excluding carboxylic acids is 2. The number of rotatable bonds is 7. The van der Waals surface area contributed by atoms with Gasteiger partial charge < -0.3 is 15.4 Å². The highest BCUT2D eigenvalue weighted by atomic mass is 16.5. The van der Waals surface area contributed by atoms with E-state index in [-0.39, 0.29) is 11.8 Å². The first-order valence-electron chi connectivity index (χ1n) is 4.67. The summed E-state index contributed by atoms with van der Waals surface area (Å²) >= 11 is 0. The van der Waals surface area contributed by atoms with Gasteiger partial charge >= 0.3 is 6.03 Å². The molecule has 0 radical (unpaired) electrons. The van der Waals surface area contributed by atoms with Gasteiger partial charge in [-0.1, -0.05) is 0 Å². The molecule has 0 aromatic rings. The van der Waals surface area contributed by atoms with Gasteiger partial charge in [-0.15, -0.1) is 0 Å². The van der Waals surface area contributed by atoms with Gasteiger partial charge in [0.2, 0.25) is 0 Å². The van der Waals surface area contributed by atoms with E-state index < -0.39 is 0 Å². The van der Waals surface area contributed by atoms with Crippen molar-refractivity contribution in [2.24, 2.45) is 0 Å². The Labute approximate surface area is 84.2 Å². The van der Waals surface area contributed by atoms with Crippen LogP contribution in [0.25, 0.3) is 0 Å². The van der Waals surface area contributed by atoms with Crippen LogP contribution in [0.2, 0.25) is 0 Å². The fourth-order valence-corrected chi connectivity index (χ4v) is 0.833. The van der Waals surface area contributed by atoms with Crippen LogP contribution in [-0.2, 0) is 9.53 Å². The van der Waals surface area contributed by atoms with Crippen LogP contribution in [0.1, 0.15) is 19.8 Å². The summed E-state index contributed by atoms with van der Waals surface area (Å²) in [6.07, 6.45) is 1.17. The lowest BCUT2D eigenvalue weighted by Gasteiger charge is -2.05. The third-order valence-electron chi connectivity index (χ3n) is 1.57. The molecular formula is C9H18N2O3. The summed E-state index contributed by atoms with van der Waals surface area (Å²) in [7, 11) is 1.62. The van der Waals surface area contributed by atoms with Gasteiger partial charge in [0.15, 0.2) is 0 Å². The molecule has 0 aromatic carbocycles. The van der Waals surface area contributed by atoms with Crippen molar-refractivity contribution in [1.82, 2.24) is 10.6 Å². The first-order chi connectivity index (χ1) is 6.66. The number of nitrogens with one attached hydrogen (secondary N) is 2. The van der Waals surface area contributed by atoms with Gasteiger partial charge in [-0.3, -0.25) is 4.79 Å². The molecule has 0 aromatic heterocycles. The number of Topliss-reactive ketones (excluding diaryl/α,β-unsaturated/α-hetero) is 1. The Morgan fingerprint density at radius 1 is 1.21 bits per heavy atom. The Morgan fingerprint density at radius 2 is 1.86 bits per heavy atom. The fraction of sp³-hybridized carbons (Fsp3) is 0.778. The predicted octanol–water partition coefficient (Wildman–Crippen LogP) is 0.301. The standard InChI is InChI=1S/C9H18N2O3/c1-8(12)4-6-11-9(13)10-5-3-7-14-2/h3-7H2,1-2H3,(H2,10,11,13). The SMILES string of the molecule is COCCCNC(=O)NCCC(C)=O. The third kappa shape index (κ3) is 8.99. The average Bonchev–Trinajstić information content (AvgIpc) is 2.12. The summed E-state index contributed by atoms with van der Waals surface area (Å²) in [4.78, 5) is 21.5. The maximum absolute atomic E-state index is 11.0. The van der Waals surface area contributed by atoms with E-state index in [1.807, 2.05) is 0 Å². The Hall–Kier alpha value is -1.10. The van der Waals surface area contributed by atoms with Crippen molar-refractivity contribution in [3.63, 3.8) is 0 Å². The highest BCUT2D eigenvalue weighted by Gasteiger charge is 1.99. The van der Waals surface area contributed by atoms with Crippen LogP contribution >= 0.6 is 0 Å². The predicted molar refractivity (Wildman–Crippen MR) is 53.2 cm³/mol. The van der Waals surface area contributed by atoms with Crippen molar-refractivity contribution in [3.8, 4) is 0 Å². The maximum atomic E-state index is 11.0. The molecule has 0 aliphatic rings. The normalized spacial score (nSPS) is 9.57. The first-order valence-corrected chi connectivity index (χ1v) is 4.67. The number of ketones is 1. The minimum absolute atomic E-state index is 0.0738. The van der Waals surface area contributed by atoms with Gasteiger partial charge in [-0.05, 0) is 13.3 Å². The fourth-order valence-electron chi connectivity index (χ4n) is 0.833. The molecule has 0 atom stereocenters. The number of methoxy groups -OCH3 is 1. The summed E-state index contributed by atoms with van der Waals surface area (Å²) in [5, 5.41) is 5.23. The molecule has 0 bridgehead atoms. The number of hydrogen-bond donors (Lipinski definition) is 2. The van der Waals surface area contributed by atoms with Crippen LogP contribution in [0.4, 0.5) is 4.79 Å². The molecule has 0 saturated heterocycles. The molecule has 2 N–H and O–H groups in total. The van der Waals surface area contributed by atoms with Gasteiger partial charge in [0, 0.05) is 33.2 Å². The molecule has 0 saturated carbocycles. The van der Waals surface area contributed by atoms with E-state index in [0.717, 1.165) is 6.42 Å². The van der Waals surface area contributed by atoms with Crippen molar-refractivity contribution >= 4 is 11.8 Å². The molecule has 82 valence electrons. The molecule has 0 unspecified atom stereocenters. The van der Waals surface area contributed by atoms with Crippen molar-refractivity contribution in [1.29, 1.82) is 0 Å². The van der Waals surface area contributed by atoms with E-state index in [4.69, 9.17) is 4.74 Å². The Kier molecular flexibility index (Phi) is 7.83. The summed E-state index contributed by atoms with van der Waals surface area (Å²) in [6, 6.07) is -0.234. The zero-order chi connectivity index (χ0) is 10.8. The highest BCUT2D eigenvalue weighted by molar-refractivity contribution is 5.77. The molecule has 0 spiro atoms. The van der Waals surface area contributed by atoms with Gasteiger partial charge in [0.25, 0.3) is 0 Å². The topological polar surface area (TPSA) is 67.4 Å². The second-order valence-corrected chi connectivity index (χ2v) is 2.98. The third-order valence-corrected chi connectivity index (χ3v) is 1.57. The number of urea groups is 1. The zero-order valence-electron chi connectivity index (χ0n) is 8.76. The number of carbonyl (C=O) groups is 2. The minimum atomic E-state index is -0.234. The largest absolute Gasteiger partial charge is 0.385 e. The van der Waals surface area contributed by atoms with Crippen LogP contribution in [-0.4, -0.2) is 38.6 Å². The van der Waals surface area contributed by atoms with Crippen LogP contribution in [0.3, 0.4) is 0 Å². The average molecular weight is 202 g/mol. The first kappa shape index (κ1) is 12.9. The summed E-state index contributed by atoms with van der Waals surface area (Å²) < 4.78 is 4.82. The molecule has 0 heterocycles. The molecule has 14 heavy (non-hydrogen) atoms. The molecule has 5 heteroatoms. The molecule has 0 aliphatic heterocycles. The Bertz CT molecular complexity index is 183. The van der Waals surface area contributed by atoms with Crippen molar-refractivity contribution in [2.75, 3.05) is 26.8 Å². The molecule has 0 aliphatic carbocycles. The van der Waals surface area contributed by atoms with E-state index in [2.05, 4.69) is 10.6 Å². The van der Waals surface area contributed by atoms with Crippen LogP contribution in [0.15, 0.2) is 0 Å². The Balaban J connectivity index is 3.24. The molecule has 5 nitrogen and oxygen atoms in total. The smallest absolute Gasteiger partial charge is 0.314 e. The summed E-state index contributed by atoms with van der Waals surface area (Å²) in [6.45, 7) is 3.11. The molecular weight excluding hydrogens is 184 g/mol. The number of hydrogen-bond acceptors (Lipinski definition) is 3. The maximum Gasteiger partial charge on any atom is 0.314 e. The van der Waals surface area contributed by atoms with Crippen LogP contribution in [0, 0.1) is 0 Å². The van der Waals surface area contributed by atoms with Gasteiger partial charge in [-0.25, -0.2) is 4.79 Å². The van der Waals surface area contributed by atoms with E-state index in [0.29, 0.717) is 26.1 Å². The van der Waals surface area contributed by atoms with Gasteiger partial charge in [0.1, 0.15) is 5.78 Å². The number of amides is 2. The van der Waals surface area contributed by atoms with E-state index >= 15 is 0 Å². The van der Waals surface area contributed by atoms with Gasteiger partial charge in [-0.2, -0.15) is 0 Å². The van der Waals surface area contributed by atoms with E-state index in [1.165, 1.54) is 6.92 Å². The zero-order valence-corrected chi connectivity index (χ0v) is 8.76. The van der Waals surface area contributed by atoms with E-state index in [1.54, 1.807) is 7.11 Å². The number of ether oxygens (including phenoxy) is 1. The van der Waals surface area contributed by atoms with Crippen molar-refractivity contribution < 1.29 is 14.3 Å². The summed E-state index contributed by atoms with van der Waals surface area (Å²) in [5.41, 5.74) is 0. The van der Waals surface area contributed by atoms with E-state index in [9.17, 15) is 9.59 Å². The highest BCUT2D eigenvalue weighted by Crippen LogP contribution is 1.79. The van der Waals surface area contributed by atoms with Gasteiger partial charge in [0.05, 0.1) is 0 Å². The molecule has 0 fully saturated rings. The second-order valence-electron chi connectivity index (χ2n) is 2.98. The Morgan fingerprint density at radius 3 is 2.43 bits per heavy atom.